The standard InChI is InChI=1S/C20H29N5O5S/c1-4-20(3)18(27)25(19(28)21-20)22-17(26)14-23-10-5-11-24(13-12-23)31(29,30)16-8-6-15(2)7-9-16/h6-9H,4-5,10-14H2,1-3H3,(H,21,28)(H,22,26)/t20-/m0/s1. The van der Waals surface area contributed by atoms with Crippen molar-refractivity contribution in [3.05, 3.63) is 29.8 Å². The van der Waals surface area contributed by atoms with Gasteiger partial charge in [-0.25, -0.2) is 13.2 Å². The van der Waals surface area contributed by atoms with Crippen LogP contribution in [0.4, 0.5) is 4.79 Å². The van der Waals surface area contributed by atoms with E-state index < -0.39 is 33.4 Å². The molecule has 1 aromatic rings. The minimum atomic E-state index is -3.60. The van der Waals surface area contributed by atoms with Gasteiger partial charge in [0.2, 0.25) is 10.0 Å². The molecule has 2 saturated heterocycles. The number of hydrogen-bond donors (Lipinski definition) is 2. The molecule has 2 fully saturated rings. The number of hydrazine groups is 1. The molecule has 1 aromatic carbocycles. The van der Waals surface area contributed by atoms with Crippen LogP contribution in [0.25, 0.3) is 0 Å². The molecule has 10 nitrogen and oxygen atoms in total. The zero-order valence-electron chi connectivity index (χ0n) is 18.1. The molecule has 2 aliphatic rings. The van der Waals surface area contributed by atoms with Crippen LogP contribution in [0.3, 0.4) is 0 Å². The Balaban J connectivity index is 1.58. The van der Waals surface area contributed by atoms with Crippen LogP contribution in [0.1, 0.15) is 32.3 Å². The lowest BCUT2D eigenvalue weighted by Gasteiger charge is -2.23. The fourth-order valence-corrected chi connectivity index (χ4v) is 5.06. The number of nitrogens with one attached hydrogen (secondary N) is 2. The van der Waals surface area contributed by atoms with Crippen LogP contribution in [0.5, 0.6) is 0 Å². The van der Waals surface area contributed by atoms with Crippen molar-refractivity contribution in [2.75, 3.05) is 32.7 Å². The molecule has 3 rings (SSSR count). The second-order valence-corrected chi connectivity index (χ2v) is 10.1. The summed E-state index contributed by atoms with van der Waals surface area (Å²) in [7, 11) is -3.60. The highest BCUT2D eigenvalue weighted by atomic mass is 32.2. The van der Waals surface area contributed by atoms with Crippen molar-refractivity contribution in [2.45, 2.75) is 44.0 Å². The maximum atomic E-state index is 12.9. The smallest absolute Gasteiger partial charge is 0.322 e. The summed E-state index contributed by atoms with van der Waals surface area (Å²) in [6, 6.07) is 6.07. The Morgan fingerprint density at radius 3 is 2.42 bits per heavy atom. The number of sulfonamides is 1. The van der Waals surface area contributed by atoms with Gasteiger partial charge in [0, 0.05) is 19.6 Å². The SMILES string of the molecule is CC[C@]1(C)NC(=O)N(NC(=O)CN2CCCN(S(=O)(=O)c3ccc(C)cc3)CC2)C1=O. The predicted octanol–water partition coefficient (Wildman–Crippen LogP) is 0.443. The van der Waals surface area contributed by atoms with E-state index in [1.54, 1.807) is 38.1 Å². The molecule has 2 aliphatic heterocycles. The fraction of sp³-hybridized carbons (Fsp3) is 0.550. The van der Waals surface area contributed by atoms with Crippen molar-refractivity contribution in [1.29, 1.82) is 0 Å². The molecule has 2 heterocycles. The van der Waals surface area contributed by atoms with E-state index in [-0.39, 0.29) is 18.0 Å². The van der Waals surface area contributed by atoms with E-state index in [1.165, 1.54) is 4.31 Å². The van der Waals surface area contributed by atoms with Gasteiger partial charge in [-0.05, 0) is 45.4 Å². The summed E-state index contributed by atoms with van der Waals surface area (Å²) in [5.41, 5.74) is 2.32. The van der Waals surface area contributed by atoms with E-state index in [0.717, 1.165) is 10.6 Å². The summed E-state index contributed by atoms with van der Waals surface area (Å²) >= 11 is 0. The first kappa shape index (κ1) is 23.2. The second kappa shape index (κ2) is 8.93. The number of amides is 4. The number of aryl methyl sites for hydroxylation is 1. The van der Waals surface area contributed by atoms with E-state index in [9.17, 15) is 22.8 Å². The van der Waals surface area contributed by atoms with Crippen molar-refractivity contribution in [3.63, 3.8) is 0 Å². The third-order valence-electron chi connectivity index (χ3n) is 5.78. The number of urea groups is 1. The van der Waals surface area contributed by atoms with Gasteiger partial charge >= 0.3 is 6.03 Å². The zero-order chi connectivity index (χ0) is 22.8. The lowest BCUT2D eigenvalue weighted by atomic mass is 10.00. The summed E-state index contributed by atoms with van der Waals surface area (Å²) in [6.45, 7) is 6.74. The lowest BCUT2D eigenvalue weighted by molar-refractivity contribution is -0.139. The number of hydrogen-bond acceptors (Lipinski definition) is 6. The summed E-state index contributed by atoms with van der Waals surface area (Å²) < 4.78 is 27.3. The minimum Gasteiger partial charge on any atom is -0.322 e. The molecule has 11 heteroatoms. The molecule has 0 aromatic heterocycles. The number of rotatable bonds is 6. The Morgan fingerprint density at radius 2 is 1.81 bits per heavy atom. The number of carbonyl (C=O) groups excluding carboxylic acids is 3. The van der Waals surface area contributed by atoms with Gasteiger partial charge in [0.1, 0.15) is 5.54 Å². The monoisotopic (exact) mass is 451 g/mol. The Labute approximate surface area is 182 Å². The largest absolute Gasteiger partial charge is 0.344 e. The molecule has 170 valence electrons. The third kappa shape index (κ3) is 4.89. The molecule has 31 heavy (non-hydrogen) atoms. The number of benzene rings is 1. The Kier molecular flexibility index (Phi) is 6.68. The van der Waals surface area contributed by atoms with Crippen molar-refractivity contribution in [1.82, 2.24) is 25.0 Å². The van der Waals surface area contributed by atoms with E-state index >= 15 is 0 Å². The highest BCUT2D eigenvalue weighted by molar-refractivity contribution is 7.89. The Hall–Kier alpha value is -2.50. The van der Waals surface area contributed by atoms with Crippen molar-refractivity contribution >= 4 is 27.9 Å². The molecule has 0 radical (unpaired) electrons. The first-order chi connectivity index (χ1) is 14.6. The molecular weight excluding hydrogens is 422 g/mol. The first-order valence-corrected chi connectivity index (χ1v) is 11.8. The number of nitrogens with zero attached hydrogens (tertiary/aromatic N) is 3. The van der Waals surface area contributed by atoms with Gasteiger partial charge in [-0.15, -0.1) is 0 Å². The van der Waals surface area contributed by atoms with Gasteiger partial charge in [-0.2, -0.15) is 9.31 Å². The topological polar surface area (TPSA) is 119 Å². The van der Waals surface area contributed by atoms with Crippen LogP contribution in [0.2, 0.25) is 0 Å². The lowest BCUT2D eigenvalue weighted by Crippen LogP contribution is -2.51. The van der Waals surface area contributed by atoms with Gasteiger partial charge in [0.05, 0.1) is 11.4 Å². The van der Waals surface area contributed by atoms with E-state index in [2.05, 4.69) is 10.7 Å². The fourth-order valence-electron chi connectivity index (χ4n) is 3.59. The van der Waals surface area contributed by atoms with E-state index in [1.807, 2.05) is 11.8 Å². The Bertz CT molecular complexity index is 965. The molecule has 0 bridgehead atoms. The van der Waals surface area contributed by atoms with Gasteiger partial charge in [-0.1, -0.05) is 24.6 Å². The molecule has 0 spiro atoms. The molecular formula is C20H29N5O5S. The van der Waals surface area contributed by atoms with Gasteiger partial charge < -0.3 is 5.32 Å². The van der Waals surface area contributed by atoms with Crippen LogP contribution >= 0.6 is 0 Å². The maximum absolute atomic E-state index is 12.9. The first-order valence-electron chi connectivity index (χ1n) is 10.3. The van der Waals surface area contributed by atoms with Crippen LogP contribution in [-0.2, 0) is 19.6 Å². The molecule has 4 amide bonds. The van der Waals surface area contributed by atoms with Gasteiger partial charge in [-0.3, -0.25) is 19.9 Å². The van der Waals surface area contributed by atoms with Gasteiger partial charge in [0.15, 0.2) is 0 Å². The molecule has 0 saturated carbocycles. The average Bonchev–Trinajstić information content (AvgIpc) is 2.88. The molecule has 0 unspecified atom stereocenters. The average molecular weight is 452 g/mol. The summed E-state index contributed by atoms with van der Waals surface area (Å²) in [5, 5.41) is 3.30. The second-order valence-electron chi connectivity index (χ2n) is 8.14. The third-order valence-corrected chi connectivity index (χ3v) is 7.69. The molecule has 2 N–H and O–H groups in total. The van der Waals surface area contributed by atoms with E-state index in [0.29, 0.717) is 32.5 Å². The van der Waals surface area contributed by atoms with Crippen molar-refractivity contribution in [2.24, 2.45) is 0 Å². The highest BCUT2D eigenvalue weighted by Crippen LogP contribution is 2.20. The van der Waals surface area contributed by atoms with Crippen molar-refractivity contribution in [3.8, 4) is 0 Å². The van der Waals surface area contributed by atoms with Crippen LogP contribution in [0.15, 0.2) is 29.2 Å². The summed E-state index contributed by atoms with van der Waals surface area (Å²) in [5.74, 6) is -1.00. The zero-order valence-corrected chi connectivity index (χ0v) is 18.9. The van der Waals surface area contributed by atoms with Gasteiger partial charge in [0.25, 0.3) is 11.8 Å². The van der Waals surface area contributed by atoms with Crippen molar-refractivity contribution < 1.29 is 22.8 Å². The van der Waals surface area contributed by atoms with Crippen LogP contribution in [-0.4, -0.2) is 78.7 Å². The maximum Gasteiger partial charge on any atom is 0.344 e. The highest BCUT2D eigenvalue weighted by Gasteiger charge is 2.47. The quantitative estimate of drug-likeness (QED) is 0.606. The number of carbonyl (C=O) groups is 3. The molecule has 1 atom stereocenters. The van der Waals surface area contributed by atoms with Crippen LogP contribution < -0.4 is 10.7 Å². The minimum absolute atomic E-state index is 0.0433. The number of imide groups is 1. The Morgan fingerprint density at radius 1 is 1.13 bits per heavy atom. The summed E-state index contributed by atoms with van der Waals surface area (Å²) in [6.07, 6.45) is 0.969. The predicted molar refractivity (Wildman–Crippen MR) is 113 cm³/mol. The van der Waals surface area contributed by atoms with E-state index in [4.69, 9.17) is 0 Å². The summed E-state index contributed by atoms with van der Waals surface area (Å²) in [4.78, 5) is 39.0. The van der Waals surface area contributed by atoms with Crippen LogP contribution in [0, 0.1) is 6.92 Å². The molecule has 0 aliphatic carbocycles. The normalized spacial score (nSPS) is 23.5.